The van der Waals surface area contributed by atoms with Gasteiger partial charge in [-0.25, -0.2) is 4.39 Å². The van der Waals surface area contributed by atoms with Crippen LogP contribution in [0.15, 0.2) is 36.4 Å². The summed E-state index contributed by atoms with van der Waals surface area (Å²) in [6, 6.07) is 9.81. The SMILES string of the molecule is Cc1c(Cl)cccc1NC(=S)NCc1ccc(F)cc1Cl. The van der Waals surface area contributed by atoms with Gasteiger partial charge in [-0.15, -0.1) is 0 Å². The summed E-state index contributed by atoms with van der Waals surface area (Å²) in [5.41, 5.74) is 2.53. The van der Waals surface area contributed by atoms with Gasteiger partial charge in [0.2, 0.25) is 0 Å². The molecule has 0 unspecified atom stereocenters. The topological polar surface area (TPSA) is 24.1 Å². The molecule has 2 aromatic carbocycles. The normalized spacial score (nSPS) is 10.3. The Labute approximate surface area is 138 Å². The maximum Gasteiger partial charge on any atom is 0.171 e. The maximum absolute atomic E-state index is 13.0. The zero-order valence-electron chi connectivity index (χ0n) is 11.2. The van der Waals surface area contributed by atoms with Crippen LogP contribution in [0.5, 0.6) is 0 Å². The van der Waals surface area contributed by atoms with E-state index in [9.17, 15) is 4.39 Å². The van der Waals surface area contributed by atoms with Gasteiger partial charge in [0.05, 0.1) is 0 Å². The molecule has 0 amide bonds. The average molecular weight is 343 g/mol. The highest BCUT2D eigenvalue weighted by Crippen LogP contribution is 2.23. The predicted molar refractivity (Wildman–Crippen MR) is 90.7 cm³/mol. The van der Waals surface area contributed by atoms with Crippen LogP contribution in [-0.4, -0.2) is 5.11 Å². The van der Waals surface area contributed by atoms with E-state index in [0.29, 0.717) is 21.7 Å². The van der Waals surface area contributed by atoms with Crippen LogP contribution in [0.2, 0.25) is 10.0 Å². The van der Waals surface area contributed by atoms with Gasteiger partial charge >= 0.3 is 0 Å². The molecule has 0 bridgehead atoms. The van der Waals surface area contributed by atoms with Crippen LogP contribution in [0, 0.1) is 12.7 Å². The molecule has 0 aliphatic rings. The second-order valence-corrected chi connectivity index (χ2v) is 5.68. The summed E-state index contributed by atoms with van der Waals surface area (Å²) in [5, 5.41) is 7.58. The minimum atomic E-state index is -0.362. The minimum absolute atomic E-state index is 0.362. The van der Waals surface area contributed by atoms with Crippen molar-refractivity contribution in [1.82, 2.24) is 5.32 Å². The third-order valence-electron chi connectivity index (χ3n) is 2.97. The van der Waals surface area contributed by atoms with Crippen LogP contribution >= 0.6 is 35.4 Å². The molecule has 2 rings (SSSR count). The van der Waals surface area contributed by atoms with Crippen LogP contribution < -0.4 is 10.6 Å². The van der Waals surface area contributed by atoms with Crippen molar-refractivity contribution in [2.45, 2.75) is 13.5 Å². The van der Waals surface area contributed by atoms with Crippen molar-refractivity contribution < 1.29 is 4.39 Å². The third kappa shape index (κ3) is 4.30. The molecule has 0 heterocycles. The second kappa shape index (κ2) is 7.07. The number of anilines is 1. The van der Waals surface area contributed by atoms with Crippen LogP contribution in [0.4, 0.5) is 10.1 Å². The summed E-state index contributed by atoms with van der Waals surface area (Å²) < 4.78 is 13.0. The predicted octanol–water partition coefficient (Wildman–Crippen LogP) is 4.93. The highest BCUT2D eigenvalue weighted by atomic mass is 35.5. The Balaban J connectivity index is 1.97. The van der Waals surface area contributed by atoms with Crippen molar-refractivity contribution >= 4 is 46.2 Å². The van der Waals surface area contributed by atoms with Gasteiger partial charge in [-0.1, -0.05) is 35.3 Å². The van der Waals surface area contributed by atoms with Gasteiger partial charge in [0.15, 0.2) is 5.11 Å². The van der Waals surface area contributed by atoms with E-state index in [0.717, 1.165) is 16.8 Å². The summed E-state index contributed by atoms with van der Waals surface area (Å²) in [6.07, 6.45) is 0. The van der Waals surface area contributed by atoms with Crippen molar-refractivity contribution in [3.8, 4) is 0 Å². The molecule has 2 aromatic rings. The monoisotopic (exact) mass is 342 g/mol. The highest BCUT2D eigenvalue weighted by molar-refractivity contribution is 7.80. The molecule has 0 atom stereocenters. The number of thiocarbonyl (C=S) groups is 1. The fraction of sp³-hybridized carbons (Fsp3) is 0.133. The van der Waals surface area contributed by atoms with Crippen molar-refractivity contribution in [3.05, 3.63) is 63.4 Å². The van der Waals surface area contributed by atoms with Crippen LogP contribution in [-0.2, 0) is 6.54 Å². The molecule has 0 radical (unpaired) electrons. The molecule has 2 nitrogen and oxygen atoms in total. The van der Waals surface area contributed by atoms with E-state index >= 15 is 0 Å². The zero-order valence-corrected chi connectivity index (χ0v) is 13.5. The van der Waals surface area contributed by atoms with Crippen LogP contribution in [0.1, 0.15) is 11.1 Å². The Morgan fingerprint density at radius 3 is 2.67 bits per heavy atom. The van der Waals surface area contributed by atoms with E-state index in [1.165, 1.54) is 12.1 Å². The standard InChI is InChI=1S/C15H13Cl2FN2S/c1-9-12(16)3-2-4-14(9)20-15(21)19-8-10-5-6-11(18)7-13(10)17/h2-7H,8H2,1H3,(H2,19,20,21). The first-order valence-electron chi connectivity index (χ1n) is 6.21. The lowest BCUT2D eigenvalue weighted by atomic mass is 10.2. The van der Waals surface area contributed by atoms with E-state index < -0.39 is 0 Å². The van der Waals surface area contributed by atoms with Gasteiger partial charge in [-0.05, 0) is 54.5 Å². The van der Waals surface area contributed by atoms with E-state index in [1.807, 2.05) is 25.1 Å². The molecule has 0 fully saturated rings. The number of hydrogen-bond donors (Lipinski definition) is 2. The first-order valence-corrected chi connectivity index (χ1v) is 7.37. The molecule has 0 aliphatic heterocycles. The molecule has 6 heteroatoms. The molecular weight excluding hydrogens is 330 g/mol. The Hall–Kier alpha value is -1.36. The summed E-state index contributed by atoms with van der Waals surface area (Å²) in [4.78, 5) is 0. The molecule has 110 valence electrons. The van der Waals surface area contributed by atoms with Gasteiger partial charge < -0.3 is 10.6 Å². The van der Waals surface area contributed by atoms with Crippen molar-refractivity contribution in [3.63, 3.8) is 0 Å². The van der Waals surface area contributed by atoms with Gasteiger partial charge in [0.25, 0.3) is 0 Å². The molecule has 0 saturated carbocycles. The Morgan fingerprint density at radius 1 is 1.19 bits per heavy atom. The maximum atomic E-state index is 13.0. The largest absolute Gasteiger partial charge is 0.358 e. The van der Waals surface area contributed by atoms with Gasteiger partial charge in [0, 0.05) is 22.3 Å². The Bertz CT molecular complexity index is 677. The van der Waals surface area contributed by atoms with Crippen molar-refractivity contribution in [2.75, 3.05) is 5.32 Å². The highest BCUT2D eigenvalue weighted by Gasteiger charge is 2.06. The number of benzene rings is 2. The first kappa shape index (κ1) is 16.0. The fourth-order valence-corrected chi connectivity index (χ4v) is 2.34. The number of hydrogen-bond acceptors (Lipinski definition) is 1. The molecular formula is C15H13Cl2FN2S. The molecule has 2 N–H and O–H groups in total. The lowest BCUT2D eigenvalue weighted by Gasteiger charge is -2.13. The Kier molecular flexibility index (Phi) is 5.39. The third-order valence-corrected chi connectivity index (χ3v) is 3.98. The zero-order chi connectivity index (χ0) is 15.4. The summed E-state index contributed by atoms with van der Waals surface area (Å²) in [5.74, 6) is -0.362. The van der Waals surface area contributed by atoms with E-state index in [1.54, 1.807) is 6.07 Å². The molecule has 21 heavy (non-hydrogen) atoms. The fourth-order valence-electron chi connectivity index (χ4n) is 1.75. The lowest BCUT2D eigenvalue weighted by molar-refractivity contribution is 0.627. The van der Waals surface area contributed by atoms with Crippen LogP contribution in [0.3, 0.4) is 0 Å². The second-order valence-electron chi connectivity index (χ2n) is 4.46. The molecule has 0 saturated heterocycles. The summed E-state index contributed by atoms with van der Waals surface area (Å²) in [6.45, 7) is 2.31. The number of nitrogens with one attached hydrogen (secondary N) is 2. The van der Waals surface area contributed by atoms with E-state index in [4.69, 9.17) is 35.4 Å². The van der Waals surface area contributed by atoms with E-state index in [2.05, 4.69) is 10.6 Å². The van der Waals surface area contributed by atoms with E-state index in [-0.39, 0.29) is 5.82 Å². The molecule has 0 aromatic heterocycles. The molecule has 0 aliphatic carbocycles. The quantitative estimate of drug-likeness (QED) is 0.773. The molecule has 0 spiro atoms. The van der Waals surface area contributed by atoms with Crippen molar-refractivity contribution in [1.29, 1.82) is 0 Å². The smallest absolute Gasteiger partial charge is 0.171 e. The average Bonchev–Trinajstić information content (AvgIpc) is 2.43. The van der Waals surface area contributed by atoms with Crippen molar-refractivity contribution in [2.24, 2.45) is 0 Å². The number of halogens is 3. The Morgan fingerprint density at radius 2 is 1.95 bits per heavy atom. The summed E-state index contributed by atoms with van der Waals surface area (Å²) >= 11 is 17.2. The van der Waals surface area contributed by atoms with Crippen LogP contribution in [0.25, 0.3) is 0 Å². The van der Waals surface area contributed by atoms with Gasteiger partial charge in [0.1, 0.15) is 5.82 Å². The minimum Gasteiger partial charge on any atom is -0.358 e. The first-order chi connectivity index (χ1) is 9.97. The lowest BCUT2D eigenvalue weighted by Crippen LogP contribution is -2.28. The summed E-state index contributed by atoms with van der Waals surface area (Å²) in [7, 11) is 0. The number of rotatable bonds is 3. The van der Waals surface area contributed by atoms with Gasteiger partial charge in [-0.3, -0.25) is 0 Å². The van der Waals surface area contributed by atoms with Gasteiger partial charge in [-0.2, -0.15) is 0 Å².